The first kappa shape index (κ1) is 11.4. The quantitative estimate of drug-likeness (QED) is 0.832. The number of halogens is 3. The van der Waals surface area contributed by atoms with E-state index in [1.54, 1.807) is 0 Å². The summed E-state index contributed by atoms with van der Waals surface area (Å²) in [6, 6.07) is 4.65. The fourth-order valence-electron chi connectivity index (χ4n) is 1.30. The molecule has 0 aliphatic carbocycles. The number of hydrogen-bond donors (Lipinski definition) is 1. The molecule has 2 rings (SSSR count). The monoisotopic (exact) mass is 239 g/mol. The van der Waals surface area contributed by atoms with Gasteiger partial charge in [-0.25, -0.2) is 9.97 Å². The van der Waals surface area contributed by atoms with E-state index in [9.17, 15) is 13.2 Å². The van der Waals surface area contributed by atoms with Crippen molar-refractivity contribution in [1.29, 1.82) is 0 Å². The van der Waals surface area contributed by atoms with Crippen LogP contribution >= 0.6 is 0 Å². The van der Waals surface area contributed by atoms with Crippen LogP contribution in [0.2, 0.25) is 0 Å². The lowest BCUT2D eigenvalue weighted by Gasteiger charge is -2.06. The van der Waals surface area contributed by atoms with E-state index < -0.39 is 11.7 Å². The lowest BCUT2D eigenvalue weighted by Crippen LogP contribution is -2.04. The maximum atomic E-state index is 12.3. The number of alkyl halides is 3. The van der Waals surface area contributed by atoms with Gasteiger partial charge in [0.25, 0.3) is 0 Å². The van der Waals surface area contributed by atoms with Gasteiger partial charge in [-0.05, 0) is 12.1 Å². The second-order valence-electron chi connectivity index (χ2n) is 3.42. The Balaban J connectivity index is 2.33. The van der Waals surface area contributed by atoms with Gasteiger partial charge in [0.05, 0.1) is 23.6 Å². The maximum absolute atomic E-state index is 12.3. The standard InChI is InChI=1S/C11H8F3N3/c12-11(13,14)8-3-1-7(2-4-8)10-16-5-9(15)6-17-10/h1-6H,15H2. The molecule has 1 aromatic heterocycles. The van der Waals surface area contributed by atoms with Gasteiger partial charge in [0, 0.05) is 5.56 Å². The molecule has 0 radical (unpaired) electrons. The molecule has 0 amide bonds. The van der Waals surface area contributed by atoms with Gasteiger partial charge in [0.15, 0.2) is 5.82 Å². The molecule has 6 heteroatoms. The van der Waals surface area contributed by atoms with E-state index in [4.69, 9.17) is 5.73 Å². The summed E-state index contributed by atoms with van der Waals surface area (Å²) in [5.74, 6) is 0.341. The minimum Gasteiger partial charge on any atom is -0.396 e. The van der Waals surface area contributed by atoms with Gasteiger partial charge in [-0.2, -0.15) is 13.2 Å². The topological polar surface area (TPSA) is 51.8 Å². The Labute approximate surface area is 95.1 Å². The van der Waals surface area contributed by atoms with Gasteiger partial charge in [-0.15, -0.1) is 0 Å². The molecular weight excluding hydrogens is 231 g/mol. The Morgan fingerprint density at radius 3 is 1.94 bits per heavy atom. The second kappa shape index (κ2) is 4.04. The molecule has 0 saturated carbocycles. The SMILES string of the molecule is Nc1cnc(-c2ccc(C(F)(F)F)cc2)nc1. The molecule has 1 heterocycles. The van der Waals surface area contributed by atoms with E-state index in [1.165, 1.54) is 24.5 Å². The van der Waals surface area contributed by atoms with E-state index in [2.05, 4.69) is 9.97 Å². The van der Waals surface area contributed by atoms with Gasteiger partial charge >= 0.3 is 6.18 Å². The molecule has 0 saturated heterocycles. The fraction of sp³-hybridized carbons (Fsp3) is 0.0909. The molecule has 0 aliphatic rings. The van der Waals surface area contributed by atoms with Crippen molar-refractivity contribution in [2.24, 2.45) is 0 Å². The van der Waals surface area contributed by atoms with Crippen molar-refractivity contribution in [2.75, 3.05) is 5.73 Å². The summed E-state index contributed by atoms with van der Waals surface area (Å²) in [5.41, 5.74) is 5.63. The Kier molecular flexibility index (Phi) is 2.71. The van der Waals surface area contributed by atoms with Crippen LogP contribution in [0.15, 0.2) is 36.7 Å². The van der Waals surface area contributed by atoms with Crippen molar-refractivity contribution in [3.05, 3.63) is 42.2 Å². The summed E-state index contributed by atoms with van der Waals surface area (Å²) in [5, 5.41) is 0. The molecule has 2 N–H and O–H groups in total. The first-order valence-corrected chi connectivity index (χ1v) is 4.72. The third-order valence-electron chi connectivity index (χ3n) is 2.14. The van der Waals surface area contributed by atoms with E-state index in [0.717, 1.165) is 12.1 Å². The molecular formula is C11H8F3N3. The highest BCUT2D eigenvalue weighted by Crippen LogP contribution is 2.30. The smallest absolute Gasteiger partial charge is 0.396 e. The van der Waals surface area contributed by atoms with Crippen molar-refractivity contribution in [2.45, 2.75) is 6.18 Å². The summed E-state index contributed by atoms with van der Waals surface area (Å²) in [4.78, 5) is 7.85. The van der Waals surface area contributed by atoms with Crippen molar-refractivity contribution in [3.63, 3.8) is 0 Å². The Hall–Kier alpha value is -2.11. The molecule has 0 aliphatic heterocycles. The minimum absolute atomic E-state index is 0.341. The number of nitrogens with zero attached hydrogens (tertiary/aromatic N) is 2. The van der Waals surface area contributed by atoms with Crippen LogP contribution in [0.5, 0.6) is 0 Å². The Morgan fingerprint density at radius 2 is 1.47 bits per heavy atom. The van der Waals surface area contributed by atoms with E-state index >= 15 is 0 Å². The van der Waals surface area contributed by atoms with Crippen molar-refractivity contribution < 1.29 is 13.2 Å². The number of benzene rings is 1. The zero-order valence-electron chi connectivity index (χ0n) is 8.57. The summed E-state index contributed by atoms with van der Waals surface area (Å²) < 4.78 is 37.0. The average Bonchev–Trinajstić information content (AvgIpc) is 2.29. The summed E-state index contributed by atoms with van der Waals surface area (Å²) >= 11 is 0. The molecule has 88 valence electrons. The van der Waals surface area contributed by atoms with Crippen molar-refractivity contribution in [1.82, 2.24) is 9.97 Å². The summed E-state index contributed by atoms with van der Waals surface area (Å²) in [7, 11) is 0. The number of anilines is 1. The molecule has 17 heavy (non-hydrogen) atoms. The van der Waals surface area contributed by atoms with Crippen LogP contribution in [0.3, 0.4) is 0 Å². The number of hydrogen-bond acceptors (Lipinski definition) is 3. The molecule has 0 unspecified atom stereocenters. The average molecular weight is 239 g/mol. The van der Waals surface area contributed by atoms with Gasteiger partial charge in [0.1, 0.15) is 0 Å². The predicted molar refractivity (Wildman–Crippen MR) is 56.9 cm³/mol. The van der Waals surface area contributed by atoms with Gasteiger partial charge in [-0.1, -0.05) is 12.1 Å². The first-order chi connectivity index (χ1) is 7.97. The van der Waals surface area contributed by atoms with E-state index in [1.807, 2.05) is 0 Å². The van der Waals surface area contributed by atoms with Gasteiger partial charge in [-0.3, -0.25) is 0 Å². The van der Waals surface area contributed by atoms with Crippen LogP contribution < -0.4 is 5.73 Å². The number of aromatic nitrogens is 2. The number of nitrogens with two attached hydrogens (primary N) is 1. The van der Waals surface area contributed by atoms with E-state index in [0.29, 0.717) is 17.1 Å². The normalized spacial score (nSPS) is 11.5. The predicted octanol–water partition coefficient (Wildman–Crippen LogP) is 2.74. The molecule has 1 aromatic carbocycles. The van der Waals surface area contributed by atoms with Crippen molar-refractivity contribution >= 4 is 5.69 Å². The van der Waals surface area contributed by atoms with Crippen LogP contribution in [0, 0.1) is 0 Å². The molecule has 0 bridgehead atoms. The molecule has 0 spiro atoms. The van der Waals surface area contributed by atoms with Gasteiger partial charge in [0.2, 0.25) is 0 Å². The summed E-state index contributed by atoms with van der Waals surface area (Å²) in [6.07, 6.45) is -1.53. The molecule has 0 fully saturated rings. The molecule has 0 atom stereocenters. The highest BCUT2D eigenvalue weighted by atomic mass is 19.4. The van der Waals surface area contributed by atoms with Crippen LogP contribution in [0.1, 0.15) is 5.56 Å². The third-order valence-corrected chi connectivity index (χ3v) is 2.14. The third kappa shape index (κ3) is 2.52. The highest BCUT2D eigenvalue weighted by Gasteiger charge is 2.30. The second-order valence-corrected chi connectivity index (χ2v) is 3.42. The lowest BCUT2D eigenvalue weighted by molar-refractivity contribution is -0.137. The summed E-state index contributed by atoms with van der Waals surface area (Å²) in [6.45, 7) is 0. The highest BCUT2D eigenvalue weighted by molar-refractivity contribution is 5.56. The number of nitrogen functional groups attached to an aromatic ring is 1. The zero-order chi connectivity index (χ0) is 12.5. The number of rotatable bonds is 1. The minimum atomic E-state index is -4.33. The lowest BCUT2D eigenvalue weighted by atomic mass is 10.1. The van der Waals surface area contributed by atoms with Crippen LogP contribution in [0.25, 0.3) is 11.4 Å². The van der Waals surface area contributed by atoms with Gasteiger partial charge < -0.3 is 5.73 Å². The van der Waals surface area contributed by atoms with Crippen LogP contribution in [-0.2, 0) is 6.18 Å². The van der Waals surface area contributed by atoms with Crippen LogP contribution in [-0.4, -0.2) is 9.97 Å². The maximum Gasteiger partial charge on any atom is 0.416 e. The Morgan fingerprint density at radius 1 is 0.941 bits per heavy atom. The van der Waals surface area contributed by atoms with Crippen LogP contribution in [0.4, 0.5) is 18.9 Å². The van der Waals surface area contributed by atoms with E-state index in [-0.39, 0.29) is 0 Å². The largest absolute Gasteiger partial charge is 0.416 e. The zero-order valence-corrected chi connectivity index (χ0v) is 8.57. The fourth-order valence-corrected chi connectivity index (χ4v) is 1.30. The van der Waals surface area contributed by atoms with Crippen molar-refractivity contribution in [3.8, 4) is 11.4 Å². The first-order valence-electron chi connectivity index (χ1n) is 4.72. The molecule has 3 nitrogen and oxygen atoms in total. The Bertz CT molecular complexity index is 503. The molecule has 2 aromatic rings.